The highest BCUT2D eigenvalue weighted by Gasteiger charge is 2.30. The molecule has 0 radical (unpaired) electrons. The van der Waals surface area contributed by atoms with Crippen LogP contribution in [0.5, 0.6) is 5.75 Å². The van der Waals surface area contributed by atoms with Gasteiger partial charge in [-0.2, -0.15) is 12.6 Å². The second-order valence-corrected chi connectivity index (χ2v) is 7.88. The van der Waals surface area contributed by atoms with Gasteiger partial charge in [-0.3, -0.25) is 14.4 Å². The molecule has 0 spiro atoms. The average Bonchev–Trinajstić information content (AvgIpc) is 2.71. The molecule has 7 N–H and O–H groups in total. The zero-order chi connectivity index (χ0) is 23.7. The first-order chi connectivity index (χ1) is 14.5. The Bertz CT molecular complexity index is 786. The average molecular weight is 455 g/mol. The number of nitrogens with two attached hydrogens (primary N) is 1. The third kappa shape index (κ3) is 8.46. The van der Waals surface area contributed by atoms with E-state index >= 15 is 0 Å². The molecule has 31 heavy (non-hydrogen) atoms. The number of rotatable bonds is 11. The van der Waals surface area contributed by atoms with Gasteiger partial charge in [-0.25, -0.2) is 4.79 Å². The number of hydrogen-bond donors (Lipinski definition) is 7. The number of aliphatic carboxylic acids is 1. The summed E-state index contributed by atoms with van der Waals surface area (Å²) in [6.45, 7) is 4.83. The molecule has 10 nitrogen and oxygen atoms in total. The van der Waals surface area contributed by atoms with Crippen molar-refractivity contribution in [3.63, 3.8) is 0 Å². The lowest BCUT2D eigenvalue weighted by Crippen LogP contribution is -2.58. The standard InChI is InChI=1S/C20H30N4O6S/c1-10(2)16(24-17(26)11(3)22-18(27)14(21)9-31)19(28)23-15(20(29)30)8-12-4-6-13(25)7-5-12/h4-7,10-11,14-16,25,31H,8-9,21H2,1-3H3,(H,22,27)(H,23,28)(H,24,26)(H,29,30). The van der Waals surface area contributed by atoms with Crippen molar-refractivity contribution >= 4 is 36.3 Å². The minimum Gasteiger partial charge on any atom is -0.508 e. The van der Waals surface area contributed by atoms with Crippen LogP contribution in [0.25, 0.3) is 0 Å². The Morgan fingerprint density at radius 3 is 2.03 bits per heavy atom. The van der Waals surface area contributed by atoms with Crippen molar-refractivity contribution in [1.82, 2.24) is 16.0 Å². The molecule has 0 saturated heterocycles. The number of aromatic hydroxyl groups is 1. The van der Waals surface area contributed by atoms with Gasteiger partial charge >= 0.3 is 5.97 Å². The number of carbonyl (C=O) groups excluding carboxylic acids is 3. The van der Waals surface area contributed by atoms with Gasteiger partial charge < -0.3 is 31.9 Å². The van der Waals surface area contributed by atoms with Crippen LogP contribution in [0, 0.1) is 5.92 Å². The van der Waals surface area contributed by atoms with Gasteiger partial charge in [0.2, 0.25) is 17.7 Å². The Hall–Kier alpha value is -2.79. The maximum Gasteiger partial charge on any atom is 0.326 e. The van der Waals surface area contributed by atoms with E-state index in [9.17, 15) is 29.4 Å². The van der Waals surface area contributed by atoms with E-state index in [-0.39, 0.29) is 23.8 Å². The quantitative estimate of drug-likeness (QED) is 0.219. The highest BCUT2D eigenvalue weighted by atomic mass is 32.1. The number of amides is 3. The molecule has 3 amide bonds. The Morgan fingerprint density at radius 1 is 0.968 bits per heavy atom. The molecule has 1 rings (SSSR count). The van der Waals surface area contributed by atoms with Gasteiger partial charge in [0.25, 0.3) is 0 Å². The lowest BCUT2D eigenvalue weighted by atomic mass is 10.0. The summed E-state index contributed by atoms with van der Waals surface area (Å²) in [6, 6.07) is 1.86. The first-order valence-corrected chi connectivity index (χ1v) is 10.4. The number of phenols is 1. The Balaban J connectivity index is 2.82. The van der Waals surface area contributed by atoms with E-state index in [0.717, 1.165) is 0 Å². The Labute approximate surface area is 186 Å². The molecule has 0 bridgehead atoms. The van der Waals surface area contributed by atoms with Crippen LogP contribution in [0.4, 0.5) is 0 Å². The van der Waals surface area contributed by atoms with E-state index in [1.165, 1.54) is 19.1 Å². The fraction of sp³-hybridized carbons (Fsp3) is 0.500. The van der Waals surface area contributed by atoms with E-state index in [1.54, 1.807) is 26.0 Å². The zero-order valence-corrected chi connectivity index (χ0v) is 18.6. The van der Waals surface area contributed by atoms with Gasteiger partial charge in [0.1, 0.15) is 23.9 Å². The summed E-state index contributed by atoms with van der Waals surface area (Å²) >= 11 is 3.93. The maximum atomic E-state index is 12.7. The van der Waals surface area contributed by atoms with Gasteiger partial charge in [0.15, 0.2) is 0 Å². The normalized spacial score (nSPS) is 14.8. The molecular weight excluding hydrogens is 424 g/mol. The van der Waals surface area contributed by atoms with E-state index in [2.05, 4.69) is 28.6 Å². The number of phenolic OH excluding ortho intramolecular Hbond substituents is 1. The molecule has 0 fully saturated rings. The van der Waals surface area contributed by atoms with Crippen LogP contribution < -0.4 is 21.7 Å². The summed E-state index contributed by atoms with van der Waals surface area (Å²) in [4.78, 5) is 48.6. The van der Waals surface area contributed by atoms with Crippen LogP contribution in [0.2, 0.25) is 0 Å². The highest BCUT2D eigenvalue weighted by molar-refractivity contribution is 7.80. The third-order valence-corrected chi connectivity index (χ3v) is 4.92. The van der Waals surface area contributed by atoms with Crippen LogP contribution in [0.15, 0.2) is 24.3 Å². The molecule has 1 aromatic carbocycles. The van der Waals surface area contributed by atoms with Crippen molar-refractivity contribution in [2.75, 3.05) is 5.75 Å². The van der Waals surface area contributed by atoms with Crippen molar-refractivity contribution in [3.8, 4) is 5.75 Å². The van der Waals surface area contributed by atoms with Crippen molar-refractivity contribution in [1.29, 1.82) is 0 Å². The first-order valence-electron chi connectivity index (χ1n) is 9.74. The molecule has 0 heterocycles. The van der Waals surface area contributed by atoms with Crippen LogP contribution in [0.3, 0.4) is 0 Å². The molecular formula is C20H30N4O6S. The van der Waals surface area contributed by atoms with Crippen molar-refractivity contribution < 1.29 is 29.4 Å². The number of carboxylic acids is 1. The smallest absolute Gasteiger partial charge is 0.326 e. The van der Waals surface area contributed by atoms with E-state index in [4.69, 9.17) is 5.73 Å². The number of hydrogen-bond acceptors (Lipinski definition) is 7. The predicted octanol–water partition coefficient (Wildman–Crippen LogP) is -0.593. The molecule has 172 valence electrons. The van der Waals surface area contributed by atoms with Crippen LogP contribution in [0.1, 0.15) is 26.3 Å². The second kappa shape index (κ2) is 12.2. The topological polar surface area (TPSA) is 171 Å². The summed E-state index contributed by atoms with van der Waals surface area (Å²) in [5, 5.41) is 26.3. The Morgan fingerprint density at radius 2 is 1.55 bits per heavy atom. The van der Waals surface area contributed by atoms with Gasteiger partial charge in [-0.05, 0) is 30.5 Å². The van der Waals surface area contributed by atoms with E-state index in [1.807, 2.05) is 0 Å². The summed E-state index contributed by atoms with van der Waals surface area (Å²) < 4.78 is 0. The van der Waals surface area contributed by atoms with Crippen LogP contribution in [-0.4, -0.2) is 63.8 Å². The molecule has 4 atom stereocenters. The highest BCUT2D eigenvalue weighted by Crippen LogP contribution is 2.12. The zero-order valence-electron chi connectivity index (χ0n) is 17.7. The minimum absolute atomic E-state index is 0.00576. The largest absolute Gasteiger partial charge is 0.508 e. The SMILES string of the molecule is CC(NC(=O)C(N)CS)C(=O)NC(C(=O)NC(Cc1ccc(O)cc1)C(=O)O)C(C)C. The van der Waals surface area contributed by atoms with Crippen LogP contribution >= 0.6 is 12.6 Å². The molecule has 0 aliphatic heterocycles. The monoisotopic (exact) mass is 454 g/mol. The number of carbonyl (C=O) groups is 4. The van der Waals surface area contributed by atoms with Crippen LogP contribution in [-0.2, 0) is 25.6 Å². The minimum atomic E-state index is -1.24. The Kier molecular flexibility index (Phi) is 10.3. The maximum absolute atomic E-state index is 12.7. The van der Waals surface area contributed by atoms with Crippen molar-refractivity contribution in [2.24, 2.45) is 11.7 Å². The summed E-state index contributed by atoms with van der Waals surface area (Å²) in [5.41, 5.74) is 6.17. The molecule has 0 aromatic heterocycles. The number of nitrogens with one attached hydrogen (secondary N) is 3. The first kappa shape index (κ1) is 26.2. The molecule has 0 aliphatic carbocycles. The fourth-order valence-corrected chi connectivity index (χ4v) is 2.78. The summed E-state index contributed by atoms with van der Waals surface area (Å²) in [6.07, 6.45) is -0.00576. The number of benzene rings is 1. The molecule has 1 aromatic rings. The summed E-state index contributed by atoms with van der Waals surface area (Å²) in [5.74, 6) is -3.28. The molecule has 11 heteroatoms. The lowest BCUT2D eigenvalue weighted by Gasteiger charge is -2.26. The fourth-order valence-electron chi connectivity index (χ4n) is 2.61. The third-order valence-electron chi connectivity index (χ3n) is 4.52. The van der Waals surface area contributed by atoms with Crippen molar-refractivity contribution in [3.05, 3.63) is 29.8 Å². The summed E-state index contributed by atoms with van der Waals surface area (Å²) in [7, 11) is 0. The molecule has 0 aliphatic rings. The molecule has 0 saturated carbocycles. The number of carboxylic acid groups (broad SMARTS) is 1. The van der Waals surface area contributed by atoms with Gasteiger partial charge in [0.05, 0.1) is 6.04 Å². The second-order valence-electron chi connectivity index (χ2n) is 7.52. The van der Waals surface area contributed by atoms with E-state index < -0.39 is 47.9 Å². The van der Waals surface area contributed by atoms with Gasteiger partial charge in [-0.15, -0.1) is 0 Å². The molecule has 4 unspecified atom stereocenters. The predicted molar refractivity (Wildman–Crippen MR) is 118 cm³/mol. The van der Waals surface area contributed by atoms with Crippen molar-refractivity contribution in [2.45, 2.75) is 51.4 Å². The van der Waals surface area contributed by atoms with Gasteiger partial charge in [0, 0.05) is 12.2 Å². The van der Waals surface area contributed by atoms with Gasteiger partial charge in [-0.1, -0.05) is 26.0 Å². The van der Waals surface area contributed by atoms with E-state index in [0.29, 0.717) is 5.56 Å². The lowest BCUT2D eigenvalue weighted by molar-refractivity contribution is -0.142. The number of thiol groups is 1.